The van der Waals surface area contributed by atoms with Gasteiger partial charge in [0.1, 0.15) is 18.0 Å². The highest BCUT2D eigenvalue weighted by molar-refractivity contribution is 5.68. The standard InChI is InChI=1S/C16H24N4O3/c1-16(2,3)23-15(21)20-7-5-11(9-20)22-14-12-8-17-6-4-13(12)18-10-19-14/h10-11,17H,4-9H2,1-3H3. The highest BCUT2D eigenvalue weighted by atomic mass is 16.6. The van der Waals surface area contributed by atoms with Crippen molar-refractivity contribution in [2.24, 2.45) is 0 Å². The number of carbonyl (C=O) groups is 1. The number of hydrogen-bond acceptors (Lipinski definition) is 6. The zero-order valence-electron chi connectivity index (χ0n) is 14.0. The largest absolute Gasteiger partial charge is 0.472 e. The maximum atomic E-state index is 12.1. The summed E-state index contributed by atoms with van der Waals surface area (Å²) < 4.78 is 11.5. The molecular formula is C16H24N4O3. The van der Waals surface area contributed by atoms with E-state index in [-0.39, 0.29) is 12.2 Å². The molecule has 2 aliphatic rings. The first-order chi connectivity index (χ1) is 10.9. The van der Waals surface area contributed by atoms with Crippen molar-refractivity contribution >= 4 is 6.09 Å². The lowest BCUT2D eigenvalue weighted by molar-refractivity contribution is 0.0274. The summed E-state index contributed by atoms with van der Waals surface area (Å²) in [7, 11) is 0. The van der Waals surface area contributed by atoms with Gasteiger partial charge in [0.15, 0.2) is 0 Å². The monoisotopic (exact) mass is 320 g/mol. The smallest absolute Gasteiger partial charge is 0.410 e. The number of fused-ring (bicyclic) bond motifs is 1. The number of hydrogen-bond donors (Lipinski definition) is 1. The zero-order chi connectivity index (χ0) is 16.4. The van der Waals surface area contributed by atoms with Crippen LogP contribution in [0, 0.1) is 0 Å². The Morgan fingerprint density at radius 2 is 2.22 bits per heavy atom. The van der Waals surface area contributed by atoms with Crippen LogP contribution in [0.5, 0.6) is 5.88 Å². The number of nitrogens with zero attached hydrogens (tertiary/aromatic N) is 3. The molecular weight excluding hydrogens is 296 g/mol. The number of rotatable bonds is 2. The van der Waals surface area contributed by atoms with Gasteiger partial charge in [-0.25, -0.2) is 14.8 Å². The number of ether oxygens (including phenoxy) is 2. The summed E-state index contributed by atoms with van der Waals surface area (Å²) >= 11 is 0. The van der Waals surface area contributed by atoms with E-state index in [1.165, 1.54) is 0 Å². The summed E-state index contributed by atoms with van der Waals surface area (Å²) in [6.45, 7) is 8.44. The lowest BCUT2D eigenvalue weighted by atomic mass is 10.1. The van der Waals surface area contributed by atoms with E-state index in [1.807, 2.05) is 20.8 Å². The average Bonchev–Trinajstić information content (AvgIpc) is 2.95. The summed E-state index contributed by atoms with van der Waals surface area (Å²) in [5.41, 5.74) is 1.61. The Morgan fingerprint density at radius 3 is 3.00 bits per heavy atom. The van der Waals surface area contributed by atoms with Crippen molar-refractivity contribution in [3.63, 3.8) is 0 Å². The number of carbonyl (C=O) groups excluding carboxylic acids is 1. The molecule has 1 atom stereocenters. The topological polar surface area (TPSA) is 76.6 Å². The Hall–Kier alpha value is -1.89. The number of likely N-dealkylation sites (tertiary alicyclic amines) is 1. The van der Waals surface area contributed by atoms with Crippen LogP contribution in [-0.4, -0.2) is 52.3 Å². The summed E-state index contributed by atoms with van der Waals surface area (Å²) in [5, 5.41) is 3.31. The third kappa shape index (κ3) is 3.90. The van der Waals surface area contributed by atoms with Gasteiger partial charge in [0, 0.05) is 38.0 Å². The van der Waals surface area contributed by atoms with Crippen molar-refractivity contribution in [1.82, 2.24) is 20.2 Å². The number of aromatic nitrogens is 2. The van der Waals surface area contributed by atoms with Crippen molar-refractivity contribution in [1.29, 1.82) is 0 Å². The van der Waals surface area contributed by atoms with Gasteiger partial charge in [-0.2, -0.15) is 0 Å². The average molecular weight is 320 g/mol. The second-order valence-electron chi connectivity index (χ2n) is 6.99. The van der Waals surface area contributed by atoms with Crippen molar-refractivity contribution < 1.29 is 14.3 Å². The van der Waals surface area contributed by atoms with Crippen LogP contribution < -0.4 is 10.1 Å². The predicted octanol–water partition coefficient (Wildman–Crippen LogP) is 1.51. The van der Waals surface area contributed by atoms with Crippen molar-refractivity contribution in [2.45, 2.75) is 51.9 Å². The first-order valence-corrected chi connectivity index (χ1v) is 8.10. The Labute approximate surface area is 136 Å². The Bertz CT molecular complexity index is 585. The lowest BCUT2D eigenvalue weighted by Crippen LogP contribution is -2.36. The second-order valence-corrected chi connectivity index (χ2v) is 6.99. The predicted molar refractivity (Wildman–Crippen MR) is 84.3 cm³/mol. The summed E-state index contributed by atoms with van der Waals surface area (Å²) in [5.74, 6) is 0.637. The van der Waals surface area contributed by atoms with E-state index in [4.69, 9.17) is 9.47 Å². The molecule has 0 saturated carbocycles. The van der Waals surface area contributed by atoms with Gasteiger partial charge in [0.2, 0.25) is 5.88 Å². The minimum atomic E-state index is -0.479. The van der Waals surface area contributed by atoms with Gasteiger partial charge in [-0.15, -0.1) is 0 Å². The highest BCUT2D eigenvalue weighted by Crippen LogP contribution is 2.24. The molecule has 7 heteroatoms. The molecule has 1 aromatic heterocycles. The van der Waals surface area contributed by atoms with Gasteiger partial charge < -0.3 is 19.7 Å². The Balaban J connectivity index is 1.61. The van der Waals surface area contributed by atoms with Crippen LogP contribution in [0.4, 0.5) is 4.79 Å². The molecule has 1 aromatic rings. The molecule has 0 aromatic carbocycles. The van der Waals surface area contributed by atoms with Crippen LogP contribution in [0.2, 0.25) is 0 Å². The van der Waals surface area contributed by atoms with E-state index in [9.17, 15) is 4.79 Å². The van der Waals surface area contributed by atoms with E-state index in [1.54, 1.807) is 11.2 Å². The van der Waals surface area contributed by atoms with Crippen LogP contribution in [0.1, 0.15) is 38.4 Å². The molecule has 126 valence electrons. The van der Waals surface area contributed by atoms with Crippen LogP contribution in [-0.2, 0) is 17.7 Å². The molecule has 0 aliphatic carbocycles. The van der Waals surface area contributed by atoms with Gasteiger partial charge in [0.25, 0.3) is 0 Å². The van der Waals surface area contributed by atoms with Crippen molar-refractivity contribution in [2.75, 3.05) is 19.6 Å². The molecule has 1 saturated heterocycles. The molecule has 1 N–H and O–H groups in total. The second kappa shape index (κ2) is 6.31. The van der Waals surface area contributed by atoms with Crippen LogP contribution >= 0.6 is 0 Å². The lowest BCUT2D eigenvalue weighted by Gasteiger charge is -2.24. The molecule has 1 fully saturated rings. The molecule has 3 rings (SSSR count). The summed E-state index contributed by atoms with van der Waals surface area (Å²) in [6, 6.07) is 0. The maximum absolute atomic E-state index is 12.1. The van der Waals surface area contributed by atoms with Crippen LogP contribution in [0.3, 0.4) is 0 Å². The molecule has 23 heavy (non-hydrogen) atoms. The summed E-state index contributed by atoms with van der Waals surface area (Å²) in [6.07, 6.45) is 2.90. The van der Waals surface area contributed by atoms with E-state index >= 15 is 0 Å². The van der Waals surface area contributed by atoms with Gasteiger partial charge >= 0.3 is 6.09 Å². The van der Waals surface area contributed by atoms with E-state index < -0.39 is 5.60 Å². The molecule has 1 unspecified atom stereocenters. The van der Waals surface area contributed by atoms with Gasteiger partial charge in [-0.05, 0) is 20.8 Å². The Kier molecular flexibility index (Phi) is 4.39. The fraction of sp³-hybridized carbons (Fsp3) is 0.688. The van der Waals surface area contributed by atoms with E-state index in [2.05, 4.69) is 15.3 Å². The van der Waals surface area contributed by atoms with Gasteiger partial charge in [0.05, 0.1) is 12.2 Å². The molecule has 0 spiro atoms. The third-order valence-electron chi connectivity index (χ3n) is 3.91. The first kappa shape index (κ1) is 16.0. The molecule has 0 bridgehead atoms. The first-order valence-electron chi connectivity index (χ1n) is 8.10. The molecule has 2 aliphatic heterocycles. The highest BCUT2D eigenvalue weighted by Gasteiger charge is 2.31. The minimum absolute atomic E-state index is 0.0524. The fourth-order valence-electron chi connectivity index (χ4n) is 2.82. The van der Waals surface area contributed by atoms with Crippen LogP contribution in [0.15, 0.2) is 6.33 Å². The van der Waals surface area contributed by atoms with Crippen molar-refractivity contribution in [3.8, 4) is 5.88 Å². The number of nitrogens with one attached hydrogen (secondary N) is 1. The van der Waals surface area contributed by atoms with Gasteiger partial charge in [-0.1, -0.05) is 0 Å². The summed E-state index contributed by atoms with van der Waals surface area (Å²) in [4.78, 5) is 22.4. The molecule has 0 radical (unpaired) electrons. The minimum Gasteiger partial charge on any atom is -0.472 e. The van der Waals surface area contributed by atoms with Gasteiger partial charge in [-0.3, -0.25) is 0 Å². The maximum Gasteiger partial charge on any atom is 0.410 e. The fourth-order valence-corrected chi connectivity index (χ4v) is 2.82. The quantitative estimate of drug-likeness (QED) is 0.890. The Morgan fingerprint density at radius 1 is 1.39 bits per heavy atom. The zero-order valence-corrected chi connectivity index (χ0v) is 14.0. The third-order valence-corrected chi connectivity index (χ3v) is 3.91. The SMILES string of the molecule is CC(C)(C)OC(=O)N1CCC(Oc2ncnc3c2CNCC3)C1. The normalized spacial score (nSPS) is 21.0. The molecule has 3 heterocycles. The number of amides is 1. The van der Waals surface area contributed by atoms with E-state index in [0.29, 0.717) is 19.0 Å². The molecule has 7 nitrogen and oxygen atoms in total. The van der Waals surface area contributed by atoms with E-state index in [0.717, 1.165) is 37.2 Å². The molecule has 1 amide bonds. The van der Waals surface area contributed by atoms with Crippen LogP contribution in [0.25, 0.3) is 0 Å². The van der Waals surface area contributed by atoms with Crippen molar-refractivity contribution in [3.05, 3.63) is 17.6 Å².